The first-order valence-corrected chi connectivity index (χ1v) is 12.1. The second-order valence-electron chi connectivity index (χ2n) is 7.67. The first kappa shape index (κ1) is 24.6. The Morgan fingerprint density at radius 1 is 0.909 bits per heavy atom. The molecule has 33 heavy (non-hydrogen) atoms. The van der Waals surface area contributed by atoms with Crippen molar-refractivity contribution in [2.24, 2.45) is 0 Å². The molecule has 1 heterocycles. The standard InChI is InChI=1S/C24H31N3O5S/c1-4-31-21-10-12-23(13-11-21)33(30)25(3)20-6-8-22(9-7-20)32-18-24(29)27-15-5-14-26(16-17-27)19(2)28/h6-13H,4-5,14-18H2,1-3H3. The SMILES string of the molecule is CCOc1ccc(S(=O)N(C)c2ccc(OCC(=O)N3CCCN(C(C)=O)CC3)cc2)cc1. The van der Waals surface area contributed by atoms with Gasteiger partial charge in [0.25, 0.3) is 5.91 Å². The average molecular weight is 474 g/mol. The lowest BCUT2D eigenvalue weighted by Gasteiger charge is -2.21. The number of ether oxygens (including phenoxy) is 2. The zero-order valence-corrected chi connectivity index (χ0v) is 20.2. The molecule has 2 amide bonds. The summed E-state index contributed by atoms with van der Waals surface area (Å²) in [6, 6.07) is 14.3. The predicted octanol–water partition coefficient (Wildman–Crippen LogP) is 2.70. The van der Waals surface area contributed by atoms with Crippen LogP contribution in [0.3, 0.4) is 0 Å². The van der Waals surface area contributed by atoms with Crippen LogP contribution in [-0.4, -0.2) is 72.3 Å². The van der Waals surface area contributed by atoms with Gasteiger partial charge in [0, 0.05) is 45.8 Å². The van der Waals surface area contributed by atoms with Crippen LogP contribution >= 0.6 is 0 Å². The molecule has 0 radical (unpaired) electrons. The van der Waals surface area contributed by atoms with Crippen molar-refractivity contribution < 1.29 is 23.3 Å². The van der Waals surface area contributed by atoms with E-state index in [0.29, 0.717) is 43.4 Å². The van der Waals surface area contributed by atoms with Crippen LogP contribution in [0.2, 0.25) is 0 Å². The fraction of sp³-hybridized carbons (Fsp3) is 0.417. The molecular formula is C24H31N3O5S. The van der Waals surface area contributed by atoms with Crippen molar-refractivity contribution in [2.75, 3.05) is 50.7 Å². The maximum Gasteiger partial charge on any atom is 0.260 e. The van der Waals surface area contributed by atoms with E-state index in [-0.39, 0.29) is 18.4 Å². The summed E-state index contributed by atoms with van der Waals surface area (Å²) < 4.78 is 25.6. The Kier molecular flexibility index (Phi) is 8.71. The van der Waals surface area contributed by atoms with Crippen LogP contribution in [0, 0.1) is 0 Å². The van der Waals surface area contributed by atoms with Crippen LogP contribution in [0.4, 0.5) is 5.69 Å². The highest BCUT2D eigenvalue weighted by Gasteiger charge is 2.20. The summed E-state index contributed by atoms with van der Waals surface area (Å²) in [6.07, 6.45) is 0.762. The molecule has 1 aliphatic heterocycles. The van der Waals surface area contributed by atoms with Gasteiger partial charge in [-0.05, 0) is 61.9 Å². The minimum Gasteiger partial charge on any atom is -0.494 e. The number of carbonyl (C=O) groups is 2. The van der Waals surface area contributed by atoms with E-state index in [4.69, 9.17) is 9.47 Å². The number of hydrogen-bond donors (Lipinski definition) is 0. The van der Waals surface area contributed by atoms with E-state index in [2.05, 4.69) is 0 Å². The van der Waals surface area contributed by atoms with E-state index in [1.807, 2.05) is 19.1 Å². The molecule has 3 rings (SSSR count). The van der Waals surface area contributed by atoms with Gasteiger partial charge in [0.1, 0.15) is 11.5 Å². The van der Waals surface area contributed by atoms with Gasteiger partial charge in [-0.1, -0.05) is 0 Å². The highest BCUT2D eigenvalue weighted by Crippen LogP contribution is 2.23. The van der Waals surface area contributed by atoms with Gasteiger partial charge in [-0.25, -0.2) is 4.21 Å². The zero-order valence-electron chi connectivity index (χ0n) is 19.4. The van der Waals surface area contributed by atoms with E-state index in [1.165, 1.54) is 0 Å². The molecule has 0 bridgehead atoms. The zero-order chi connectivity index (χ0) is 23.8. The Morgan fingerprint density at radius 2 is 1.48 bits per heavy atom. The average Bonchev–Trinajstić information content (AvgIpc) is 3.09. The molecule has 0 aromatic heterocycles. The largest absolute Gasteiger partial charge is 0.494 e. The number of anilines is 1. The van der Waals surface area contributed by atoms with Crippen LogP contribution in [0.5, 0.6) is 11.5 Å². The van der Waals surface area contributed by atoms with Gasteiger partial charge in [-0.2, -0.15) is 0 Å². The van der Waals surface area contributed by atoms with Crippen LogP contribution in [-0.2, 0) is 20.6 Å². The molecule has 0 N–H and O–H groups in total. The topological polar surface area (TPSA) is 79.4 Å². The summed E-state index contributed by atoms with van der Waals surface area (Å²) in [5, 5.41) is 0. The van der Waals surface area contributed by atoms with E-state index < -0.39 is 11.0 Å². The summed E-state index contributed by atoms with van der Waals surface area (Å²) in [7, 11) is 0.387. The molecule has 1 atom stereocenters. The van der Waals surface area contributed by atoms with E-state index in [9.17, 15) is 13.8 Å². The molecule has 0 saturated carbocycles. The summed E-state index contributed by atoms with van der Waals surface area (Å²) in [6.45, 7) is 6.35. The molecule has 1 fully saturated rings. The number of carbonyl (C=O) groups excluding carboxylic acids is 2. The molecule has 8 nitrogen and oxygen atoms in total. The third kappa shape index (κ3) is 6.71. The maximum atomic E-state index is 12.9. The first-order chi connectivity index (χ1) is 15.9. The van der Waals surface area contributed by atoms with Crippen molar-refractivity contribution in [3.8, 4) is 11.5 Å². The van der Waals surface area contributed by atoms with Crippen molar-refractivity contribution in [3.63, 3.8) is 0 Å². The summed E-state index contributed by atoms with van der Waals surface area (Å²) in [5.74, 6) is 1.24. The second kappa shape index (κ2) is 11.7. The summed E-state index contributed by atoms with van der Waals surface area (Å²) >= 11 is 0. The van der Waals surface area contributed by atoms with Crippen LogP contribution < -0.4 is 13.8 Å². The van der Waals surface area contributed by atoms with Crippen molar-refractivity contribution >= 4 is 28.5 Å². The Balaban J connectivity index is 1.52. The Hall–Kier alpha value is -3.07. The van der Waals surface area contributed by atoms with Gasteiger partial charge >= 0.3 is 0 Å². The minimum absolute atomic E-state index is 0.0362. The molecule has 0 spiro atoms. The molecule has 1 unspecified atom stereocenters. The van der Waals surface area contributed by atoms with Gasteiger partial charge in [0.05, 0.1) is 11.5 Å². The third-order valence-corrected chi connectivity index (χ3v) is 6.83. The number of benzene rings is 2. The first-order valence-electron chi connectivity index (χ1n) is 11.0. The molecule has 178 valence electrons. The molecular weight excluding hydrogens is 442 g/mol. The highest BCUT2D eigenvalue weighted by atomic mass is 32.2. The Morgan fingerprint density at radius 3 is 2.12 bits per heavy atom. The molecule has 2 aromatic rings. The lowest BCUT2D eigenvalue weighted by atomic mass is 10.3. The fourth-order valence-corrected chi connectivity index (χ4v) is 4.54. The second-order valence-corrected chi connectivity index (χ2v) is 9.19. The number of nitrogens with zero attached hydrogens (tertiary/aromatic N) is 3. The summed E-state index contributed by atoms with van der Waals surface area (Å²) in [4.78, 5) is 28.3. The van der Waals surface area contributed by atoms with Crippen LogP contribution in [0.1, 0.15) is 20.3 Å². The molecule has 9 heteroatoms. The van der Waals surface area contributed by atoms with Gasteiger partial charge in [-0.3, -0.25) is 13.9 Å². The van der Waals surface area contributed by atoms with Gasteiger partial charge in [0.15, 0.2) is 17.6 Å². The highest BCUT2D eigenvalue weighted by molar-refractivity contribution is 7.86. The molecule has 0 aliphatic carbocycles. The Bertz CT molecular complexity index is 965. The van der Waals surface area contributed by atoms with E-state index in [0.717, 1.165) is 17.9 Å². The smallest absolute Gasteiger partial charge is 0.260 e. The van der Waals surface area contributed by atoms with E-state index >= 15 is 0 Å². The molecule has 1 saturated heterocycles. The number of hydrogen-bond acceptors (Lipinski definition) is 5. The monoisotopic (exact) mass is 473 g/mol. The minimum atomic E-state index is -1.37. The van der Waals surface area contributed by atoms with Crippen LogP contribution in [0.25, 0.3) is 0 Å². The molecule has 2 aromatic carbocycles. The normalized spacial score (nSPS) is 14.9. The lowest BCUT2D eigenvalue weighted by Crippen LogP contribution is -2.38. The van der Waals surface area contributed by atoms with Crippen molar-refractivity contribution in [3.05, 3.63) is 48.5 Å². The number of rotatable bonds is 8. The van der Waals surface area contributed by atoms with Crippen molar-refractivity contribution in [1.82, 2.24) is 9.80 Å². The predicted molar refractivity (Wildman–Crippen MR) is 128 cm³/mol. The maximum absolute atomic E-state index is 12.9. The van der Waals surface area contributed by atoms with Gasteiger partial charge in [-0.15, -0.1) is 0 Å². The lowest BCUT2D eigenvalue weighted by molar-refractivity contribution is -0.134. The summed E-state index contributed by atoms with van der Waals surface area (Å²) in [5.41, 5.74) is 0.762. The van der Waals surface area contributed by atoms with Crippen molar-refractivity contribution in [2.45, 2.75) is 25.2 Å². The van der Waals surface area contributed by atoms with Crippen LogP contribution in [0.15, 0.2) is 53.4 Å². The molecule has 1 aliphatic rings. The Labute approximate surface area is 197 Å². The quantitative estimate of drug-likeness (QED) is 0.589. The number of amides is 2. The van der Waals surface area contributed by atoms with E-state index in [1.54, 1.807) is 64.5 Å². The van der Waals surface area contributed by atoms with Gasteiger partial charge in [0.2, 0.25) is 5.91 Å². The van der Waals surface area contributed by atoms with Gasteiger partial charge < -0.3 is 19.3 Å². The fourth-order valence-electron chi connectivity index (χ4n) is 3.54. The third-order valence-electron chi connectivity index (χ3n) is 5.44. The van der Waals surface area contributed by atoms with Crippen molar-refractivity contribution in [1.29, 1.82) is 0 Å².